The van der Waals surface area contributed by atoms with Crippen LogP contribution in [0.3, 0.4) is 0 Å². The predicted molar refractivity (Wildman–Crippen MR) is 138 cm³/mol. The number of hydrogen-bond donors (Lipinski definition) is 1. The van der Waals surface area contributed by atoms with E-state index in [9.17, 15) is 19.7 Å². The van der Waals surface area contributed by atoms with Crippen molar-refractivity contribution in [2.75, 3.05) is 18.5 Å². The van der Waals surface area contributed by atoms with Gasteiger partial charge in [-0.25, -0.2) is 0 Å². The van der Waals surface area contributed by atoms with Gasteiger partial charge in [0.1, 0.15) is 11.3 Å². The molecule has 2 saturated heterocycles. The fourth-order valence-electron chi connectivity index (χ4n) is 6.80. The molecule has 1 N–H and O–H groups in total. The number of non-ortho nitro benzene ring substituents is 1. The van der Waals surface area contributed by atoms with Gasteiger partial charge >= 0.3 is 0 Å². The van der Waals surface area contributed by atoms with E-state index in [1.807, 2.05) is 37.3 Å². The Kier molecular flexibility index (Phi) is 5.56. The van der Waals surface area contributed by atoms with Crippen LogP contribution in [0.4, 0.5) is 11.4 Å². The Hall–Kier alpha value is -4.04. The van der Waals surface area contributed by atoms with Crippen molar-refractivity contribution in [3.8, 4) is 5.75 Å². The molecule has 8 heteroatoms. The highest BCUT2D eigenvalue weighted by atomic mass is 16.6. The molecule has 4 atom stereocenters. The van der Waals surface area contributed by atoms with Gasteiger partial charge < -0.3 is 10.1 Å². The van der Waals surface area contributed by atoms with Crippen LogP contribution in [0, 0.1) is 16.0 Å². The minimum Gasteiger partial charge on any atom is -0.494 e. The molecule has 1 amide bonds. The van der Waals surface area contributed by atoms with Crippen molar-refractivity contribution in [2.45, 2.75) is 37.3 Å². The van der Waals surface area contributed by atoms with Gasteiger partial charge in [-0.05, 0) is 62.2 Å². The first-order valence-corrected chi connectivity index (χ1v) is 12.7. The summed E-state index contributed by atoms with van der Waals surface area (Å²) in [5, 5.41) is 14.7. The average molecular weight is 498 g/mol. The second kappa shape index (κ2) is 8.81. The van der Waals surface area contributed by atoms with Gasteiger partial charge in [0.25, 0.3) is 5.69 Å². The first-order chi connectivity index (χ1) is 18.0. The third-order valence-electron chi connectivity index (χ3n) is 8.11. The molecule has 0 bridgehead atoms. The molecule has 3 aliphatic heterocycles. The molecule has 8 nitrogen and oxygen atoms in total. The molecule has 3 aromatic rings. The van der Waals surface area contributed by atoms with Crippen molar-refractivity contribution in [3.05, 3.63) is 99.6 Å². The van der Waals surface area contributed by atoms with Crippen LogP contribution in [0.5, 0.6) is 5.75 Å². The number of rotatable bonds is 6. The van der Waals surface area contributed by atoms with Gasteiger partial charge in [-0.2, -0.15) is 0 Å². The van der Waals surface area contributed by atoms with E-state index in [1.54, 1.807) is 36.4 Å². The van der Waals surface area contributed by atoms with E-state index in [0.29, 0.717) is 35.7 Å². The Balaban J connectivity index is 1.56. The average Bonchev–Trinajstić information content (AvgIpc) is 3.57. The summed E-state index contributed by atoms with van der Waals surface area (Å²) in [4.78, 5) is 41.9. The number of ketones is 1. The number of fused-ring (bicyclic) bond motifs is 4. The number of nitro benzene ring substituents is 1. The van der Waals surface area contributed by atoms with Gasteiger partial charge in [-0.3, -0.25) is 24.6 Å². The number of nitrogens with zero attached hydrogens (tertiary/aromatic N) is 2. The summed E-state index contributed by atoms with van der Waals surface area (Å²) in [5.41, 5.74) is 1.49. The maximum atomic E-state index is 14.5. The minimum atomic E-state index is -1.19. The highest BCUT2D eigenvalue weighted by Gasteiger charge is 2.69. The molecule has 3 aliphatic rings. The monoisotopic (exact) mass is 497 g/mol. The minimum absolute atomic E-state index is 0.0217. The van der Waals surface area contributed by atoms with Gasteiger partial charge in [-0.15, -0.1) is 0 Å². The van der Waals surface area contributed by atoms with Gasteiger partial charge in [0.2, 0.25) is 5.91 Å². The van der Waals surface area contributed by atoms with E-state index < -0.39 is 22.3 Å². The molecular weight excluding hydrogens is 470 g/mol. The standard InChI is InChI=1S/C29H27N3O5/c1-2-37-21-14-12-18(13-15-21)27(33)26-25(19-7-5-8-20(17-19)32(35)36)24-11-6-16-31(24)29(26)22-9-3-4-10-23(22)30-28(29)34/h3-5,7-10,12-15,17,24-26H,2,6,11,16H2,1H3,(H,30,34)/t24?,25?,26?,29-/m1/s1. The number of benzene rings is 3. The molecule has 1 spiro atoms. The first kappa shape index (κ1) is 23.4. The SMILES string of the molecule is CCOc1ccc(C(=O)C2C(c3cccc([N+](=O)[O-])c3)C3CCCN3[C@@]23C(=O)Nc2ccccc23)cc1. The smallest absolute Gasteiger partial charge is 0.269 e. The molecule has 6 rings (SSSR count). The molecule has 0 saturated carbocycles. The Morgan fingerprint density at radius 1 is 1.14 bits per heavy atom. The summed E-state index contributed by atoms with van der Waals surface area (Å²) in [5.74, 6) is -0.849. The Morgan fingerprint density at radius 3 is 2.68 bits per heavy atom. The van der Waals surface area contributed by atoms with E-state index in [0.717, 1.165) is 18.4 Å². The van der Waals surface area contributed by atoms with Gasteiger partial charge in [-0.1, -0.05) is 30.3 Å². The zero-order valence-electron chi connectivity index (χ0n) is 20.4. The van der Waals surface area contributed by atoms with Gasteiger partial charge in [0.15, 0.2) is 5.78 Å². The highest BCUT2D eigenvalue weighted by molar-refractivity contribution is 6.12. The number of Topliss-reactive ketones (excluding diaryl/α,β-unsaturated/α-hetero) is 1. The second-order valence-electron chi connectivity index (χ2n) is 9.85. The fraction of sp³-hybridized carbons (Fsp3) is 0.310. The lowest BCUT2D eigenvalue weighted by Crippen LogP contribution is -2.52. The van der Waals surface area contributed by atoms with E-state index in [2.05, 4.69) is 10.2 Å². The molecular formula is C29H27N3O5. The van der Waals surface area contributed by atoms with Crippen molar-refractivity contribution in [3.63, 3.8) is 0 Å². The van der Waals surface area contributed by atoms with Gasteiger partial charge in [0.05, 0.1) is 17.4 Å². The summed E-state index contributed by atoms with van der Waals surface area (Å²) < 4.78 is 5.56. The lowest BCUT2D eigenvalue weighted by molar-refractivity contribution is -0.384. The van der Waals surface area contributed by atoms with E-state index in [1.165, 1.54) is 6.07 Å². The molecule has 0 radical (unpaired) electrons. The summed E-state index contributed by atoms with van der Waals surface area (Å²) >= 11 is 0. The number of hydrogen-bond acceptors (Lipinski definition) is 6. The van der Waals surface area contributed by atoms with E-state index in [-0.39, 0.29) is 23.4 Å². The predicted octanol–water partition coefficient (Wildman–Crippen LogP) is 4.90. The Labute approximate surface area is 214 Å². The number of anilines is 1. The maximum Gasteiger partial charge on any atom is 0.269 e. The molecule has 0 aliphatic carbocycles. The molecule has 3 heterocycles. The number of ether oxygens (including phenoxy) is 1. The molecule has 188 valence electrons. The summed E-state index contributed by atoms with van der Waals surface area (Å²) in [6.45, 7) is 3.08. The largest absolute Gasteiger partial charge is 0.494 e. The van der Waals surface area contributed by atoms with Crippen LogP contribution in [-0.2, 0) is 10.3 Å². The van der Waals surface area contributed by atoms with Crippen molar-refractivity contribution < 1.29 is 19.2 Å². The molecule has 3 unspecified atom stereocenters. The maximum absolute atomic E-state index is 14.5. The number of carbonyl (C=O) groups excluding carboxylic acids is 2. The quantitative estimate of drug-likeness (QED) is 0.295. The van der Waals surface area contributed by atoms with Crippen molar-refractivity contribution in [1.82, 2.24) is 4.90 Å². The number of para-hydroxylation sites is 1. The zero-order chi connectivity index (χ0) is 25.7. The number of carbonyl (C=O) groups is 2. The van der Waals surface area contributed by atoms with Crippen molar-refractivity contribution >= 4 is 23.1 Å². The fourth-order valence-corrected chi connectivity index (χ4v) is 6.80. The highest BCUT2D eigenvalue weighted by Crippen LogP contribution is 2.61. The van der Waals surface area contributed by atoms with Crippen LogP contribution in [-0.4, -0.2) is 40.7 Å². The number of amides is 1. The lowest BCUT2D eigenvalue weighted by Gasteiger charge is -2.36. The molecule has 37 heavy (non-hydrogen) atoms. The van der Waals surface area contributed by atoms with Crippen molar-refractivity contribution in [1.29, 1.82) is 0 Å². The zero-order valence-corrected chi connectivity index (χ0v) is 20.4. The summed E-state index contributed by atoms with van der Waals surface area (Å²) in [6, 6.07) is 21.0. The van der Waals surface area contributed by atoms with Crippen LogP contribution in [0.15, 0.2) is 72.8 Å². The van der Waals surface area contributed by atoms with Gasteiger partial charge in [0, 0.05) is 40.9 Å². The van der Waals surface area contributed by atoms with Crippen LogP contribution in [0.2, 0.25) is 0 Å². The van der Waals surface area contributed by atoms with Crippen molar-refractivity contribution in [2.24, 2.45) is 5.92 Å². The molecule has 0 aromatic heterocycles. The van der Waals surface area contributed by atoms with E-state index >= 15 is 0 Å². The third kappa shape index (κ3) is 3.39. The normalized spacial score (nSPS) is 26.1. The first-order valence-electron chi connectivity index (χ1n) is 12.7. The topological polar surface area (TPSA) is 102 Å². The molecule has 2 fully saturated rings. The summed E-state index contributed by atoms with van der Waals surface area (Å²) in [6.07, 6.45) is 1.69. The Bertz CT molecular complexity index is 1400. The number of nitrogens with one attached hydrogen (secondary N) is 1. The Morgan fingerprint density at radius 2 is 1.92 bits per heavy atom. The third-order valence-corrected chi connectivity index (χ3v) is 8.11. The lowest BCUT2D eigenvalue weighted by atomic mass is 9.68. The van der Waals surface area contributed by atoms with Crippen LogP contribution < -0.4 is 10.1 Å². The number of nitro groups is 1. The van der Waals surface area contributed by atoms with E-state index in [4.69, 9.17) is 4.74 Å². The summed E-state index contributed by atoms with van der Waals surface area (Å²) in [7, 11) is 0. The van der Waals surface area contributed by atoms with Crippen LogP contribution in [0.25, 0.3) is 0 Å². The van der Waals surface area contributed by atoms with Crippen LogP contribution in [0.1, 0.15) is 47.2 Å². The molecule has 3 aromatic carbocycles. The second-order valence-corrected chi connectivity index (χ2v) is 9.85. The van der Waals surface area contributed by atoms with Crippen LogP contribution >= 0.6 is 0 Å².